The summed E-state index contributed by atoms with van der Waals surface area (Å²) in [5, 5.41) is 8.92. The Morgan fingerprint density at radius 3 is 2.71 bits per heavy atom. The van der Waals surface area contributed by atoms with Crippen LogP contribution in [0.4, 0.5) is 4.79 Å². The molecule has 6 nitrogen and oxygen atoms in total. The van der Waals surface area contributed by atoms with Crippen LogP contribution in [0.2, 0.25) is 5.15 Å². The Morgan fingerprint density at radius 1 is 1.65 bits per heavy atom. The molecular formula is C9H13ClN3O3S+. The van der Waals surface area contributed by atoms with E-state index in [0.29, 0.717) is 10.3 Å². The number of rotatable bonds is 2. The highest BCUT2D eigenvalue weighted by atomic mass is 35.5. The molecule has 0 bridgehead atoms. The number of pyridine rings is 1. The summed E-state index contributed by atoms with van der Waals surface area (Å²) in [6.45, 7) is 1.62. The maximum absolute atomic E-state index is 12.1. The molecule has 94 valence electrons. The minimum Gasteiger partial charge on any atom is -0.349 e. The number of carbonyl (C=O) groups excluding carboxylic acids is 1. The van der Waals surface area contributed by atoms with Crippen LogP contribution < -0.4 is 10.5 Å². The topological polar surface area (TPSA) is 96.6 Å². The molecule has 3 N–H and O–H groups in total. The van der Waals surface area contributed by atoms with Crippen molar-refractivity contribution in [1.29, 1.82) is 0 Å². The van der Waals surface area contributed by atoms with Crippen molar-refractivity contribution in [1.82, 2.24) is 0 Å². The van der Waals surface area contributed by atoms with E-state index in [1.165, 1.54) is 18.5 Å². The van der Waals surface area contributed by atoms with Crippen LogP contribution in [0, 0.1) is 0 Å². The lowest BCUT2D eigenvalue weighted by molar-refractivity contribution is -0.903. The lowest BCUT2D eigenvalue weighted by atomic mass is 10.2. The van der Waals surface area contributed by atoms with E-state index in [2.05, 4.69) is 4.36 Å². The van der Waals surface area contributed by atoms with E-state index < -0.39 is 21.0 Å². The molecule has 8 heteroatoms. The third-order valence-electron chi connectivity index (χ3n) is 2.30. The van der Waals surface area contributed by atoms with Gasteiger partial charge in [-0.2, -0.15) is 0 Å². The van der Waals surface area contributed by atoms with Crippen molar-refractivity contribution in [3.63, 3.8) is 0 Å². The molecule has 0 saturated heterocycles. The second kappa shape index (κ2) is 4.89. The zero-order chi connectivity index (χ0) is 13.2. The van der Waals surface area contributed by atoms with Crippen molar-refractivity contribution in [2.75, 3.05) is 6.26 Å². The van der Waals surface area contributed by atoms with Crippen molar-refractivity contribution >= 4 is 27.4 Å². The standard InChI is InChI=1S/C9H12ClN3O3S/c1-6(17(2,16)12-9(11)14)7-3-4-8(10)13(15)5-7/h3-6H,1-2H3,(H2-,11,14,15)/p+1. The number of nitrogens with two attached hydrogens (primary N) is 1. The predicted molar refractivity (Wildman–Crippen MR) is 63.3 cm³/mol. The van der Waals surface area contributed by atoms with Crippen LogP contribution in [0.3, 0.4) is 0 Å². The van der Waals surface area contributed by atoms with Gasteiger partial charge in [-0.1, -0.05) is 0 Å². The fraction of sp³-hybridized carbons (Fsp3) is 0.333. The van der Waals surface area contributed by atoms with Gasteiger partial charge in [0.25, 0.3) is 0 Å². The Kier molecular flexibility index (Phi) is 3.94. The van der Waals surface area contributed by atoms with Gasteiger partial charge >= 0.3 is 11.2 Å². The van der Waals surface area contributed by atoms with Gasteiger partial charge in [0.2, 0.25) is 6.20 Å². The largest absolute Gasteiger partial charge is 0.349 e. The van der Waals surface area contributed by atoms with Crippen molar-refractivity contribution in [3.8, 4) is 0 Å². The smallest absolute Gasteiger partial charge is 0.346 e. The normalized spacial score (nSPS) is 15.9. The molecule has 2 amide bonds. The third kappa shape index (κ3) is 3.31. The Labute approximate surface area is 104 Å². The molecule has 17 heavy (non-hydrogen) atoms. The first-order valence-electron chi connectivity index (χ1n) is 4.65. The third-order valence-corrected chi connectivity index (χ3v) is 4.73. The van der Waals surface area contributed by atoms with E-state index in [1.807, 2.05) is 0 Å². The molecule has 0 aliphatic heterocycles. The first-order valence-corrected chi connectivity index (χ1v) is 7.01. The van der Waals surface area contributed by atoms with Gasteiger partial charge in [-0.15, -0.1) is 4.36 Å². The molecule has 2 unspecified atom stereocenters. The van der Waals surface area contributed by atoms with E-state index >= 15 is 0 Å². The minimum atomic E-state index is -2.81. The molecule has 1 rings (SSSR count). The zero-order valence-corrected chi connectivity index (χ0v) is 10.9. The van der Waals surface area contributed by atoms with Crippen molar-refractivity contribution < 1.29 is 18.9 Å². The van der Waals surface area contributed by atoms with Crippen LogP contribution in [0.15, 0.2) is 22.7 Å². The molecule has 1 aromatic rings. The Morgan fingerprint density at radius 2 is 2.24 bits per heavy atom. The second-order valence-corrected chi connectivity index (χ2v) is 6.56. The van der Waals surface area contributed by atoms with Crippen molar-refractivity contribution in [2.45, 2.75) is 12.2 Å². The van der Waals surface area contributed by atoms with Crippen molar-refractivity contribution in [3.05, 3.63) is 29.0 Å². The SMILES string of the molecule is CC(c1ccc(Cl)[n+](O)c1)S(C)(=O)=NC(N)=O. The van der Waals surface area contributed by atoms with Gasteiger partial charge in [-0.05, 0) is 24.6 Å². The second-order valence-electron chi connectivity index (χ2n) is 3.56. The maximum Gasteiger partial charge on any atom is 0.346 e. The maximum atomic E-state index is 12.1. The molecule has 0 saturated carbocycles. The number of halogens is 1. The van der Waals surface area contributed by atoms with Gasteiger partial charge in [0.15, 0.2) is 0 Å². The van der Waals surface area contributed by atoms with Gasteiger partial charge < -0.3 is 5.73 Å². The molecule has 0 radical (unpaired) electrons. The van der Waals surface area contributed by atoms with Crippen LogP contribution in [-0.2, 0) is 9.73 Å². The summed E-state index contributed by atoms with van der Waals surface area (Å²) < 4.78 is 16.2. The molecule has 0 aromatic carbocycles. The van der Waals surface area contributed by atoms with E-state index in [-0.39, 0.29) is 5.15 Å². The average molecular weight is 279 g/mol. The lowest BCUT2D eigenvalue weighted by Gasteiger charge is -2.11. The Hall–Kier alpha value is -1.34. The summed E-state index contributed by atoms with van der Waals surface area (Å²) in [6.07, 6.45) is 2.64. The summed E-state index contributed by atoms with van der Waals surface area (Å²) in [5.41, 5.74) is 5.42. The Bertz CT molecular complexity index is 567. The van der Waals surface area contributed by atoms with Gasteiger partial charge in [-0.3, -0.25) is 5.21 Å². The highest BCUT2D eigenvalue weighted by molar-refractivity contribution is 7.93. The number of aromatic nitrogens is 1. The zero-order valence-electron chi connectivity index (χ0n) is 9.33. The summed E-state index contributed by atoms with van der Waals surface area (Å²) in [5.74, 6) is 0. The van der Waals surface area contributed by atoms with Crippen LogP contribution in [-0.4, -0.2) is 21.7 Å². The van der Waals surface area contributed by atoms with Gasteiger partial charge in [0.1, 0.15) is 0 Å². The first-order chi connectivity index (χ1) is 7.74. The molecule has 0 fully saturated rings. The summed E-state index contributed by atoms with van der Waals surface area (Å²) in [4.78, 5) is 10.7. The number of carbonyl (C=O) groups is 1. The highest BCUT2D eigenvalue weighted by Gasteiger charge is 2.21. The van der Waals surface area contributed by atoms with Crippen LogP contribution in [0.5, 0.6) is 0 Å². The fourth-order valence-corrected chi connectivity index (χ4v) is 2.51. The number of nitrogens with zero attached hydrogens (tertiary/aromatic N) is 2. The van der Waals surface area contributed by atoms with Crippen molar-refractivity contribution in [2.24, 2.45) is 10.1 Å². The minimum absolute atomic E-state index is 0.121. The highest BCUT2D eigenvalue weighted by Crippen LogP contribution is 2.22. The van der Waals surface area contributed by atoms with Crippen LogP contribution >= 0.6 is 11.6 Å². The quantitative estimate of drug-likeness (QED) is 0.482. The molecule has 1 heterocycles. The molecule has 2 atom stereocenters. The van der Waals surface area contributed by atoms with Crippen LogP contribution in [0.1, 0.15) is 17.7 Å². The predicted octanol–water partition coefficient (Wildman–Crippen LogP) is 1.10. The van der Waals surface area contributed by atoms with Crippen LogP contribution in [0.25, 0.3) is 0 Å². The summed E-state index contributed by atoms with van der Waals surface area (Å²) in [6, 6.07) is 2.07. The fourth-order valence-electron chi connectivity index (χ4n) is 1.24. The molecule has 0 aliphatic rings. The van der Waals surface area contributed by atoms with Gasteiger partial charge in [0.05, 0.1) is 15.0 Å². The number of hydrogen-bond donors (Lipinski definition) is 2. The molecular weight excluding hydrogens is 266 g/mol. The number of urea groups is 1. The Balaban J connectivity index is 3.21. The van der Waals surface area contributed by atoms with Gasteiger partial charge in [-0.25, -0.2) is 9.00 Å². The monoisotopic (exact) mass is 278 g/mol. The lowest BCUT2D eigenvalue weighted by Crippen LogP contribution is -2.32. The molecule has 0 aliphatic carbocycles. The summed E-state index contributed by atoms with van der Waals surface area (Å²) in [7, 11) is -2.81. The first kappa shape index (κ1) is 13.7. The molecule has 1 aromatic heterocycles. The van der Waals surface area contributed by atoms with Gasteiger partial charge in [0, 0.05) is 22.6 Å². The molecule has 0 spiro atoms. The number of amides is 2. The van der Waals surface area contributed by atoms with E-state index in [9.17, 15) is 14.2 Å². The van der Waals surface area contributed by atoms with E-state index in [1.54, 1.807) is 13.0 Å². The van der Waals surface area contributed by atoms with E-state index in [4.69, 9.17) is 17.3 Å². The number of hydrogen-bond acceptors (Lipinski definition) is 3. The van der Waals surface area contributed by atoms with E-state index in [0.717, 1.165) is 0 Å². The average Bonchev–Trinajstić information content (AvgIpc) is 2.19. The summed E-state index contributed by atoms with van der Waals surface area (Å²) >= 11 is 5.63. The number of primary amides is 1.